The van der Waals surface area contributed by atoms with E-state index in [4.69, 9.17) is 19.3 Å². The second-order valence-corrected chi connectivity index (χ2v) is 9.45. The Balaban J connectivity index is 0.000000604. The summed E-state index contributed by atoms with van der Waals surface area (Å²) >= 11 is 0. The SMILES string of the molecule is CC(C)N(Cc1ccccc1)C(=O)c1cnc(C(C)(C)C)nc1NCc1ccco1.O=C(O)C(F)(F)F. The van der Waals surface area contributed by atoms with E-state index < -0.39 is 12.1 Å². The van der Waals surface area contributed by atoms with Crippen molar-refractivity contribution in [1.82, 2.24) is 14.9 Å². The van der Waals surface area contributed by atoms with Crippen LogP contribution in [0, 0.1) is 0 Å². The zero-order chi connectivity index (χ0) is 27.8. The average molecular weight is 521 g/mol. The summed E-state index contributed by atoms with van der Waals surface area (Å²) in [5.41, 5.74) is 1.31. The van der Waals surface area contributed by atoms with Gasteiger partial charge in [0.05, 0.1) is 12.8 Å². The Bertz CT molecular complexity index is 1160. The van der Waals surface area contributed by atoms with Crippen LogP contribution in [0.2, 0.25) is 0 Å². The fraction of sp³-hybridized carbons (Fsp3) is 0.385. The monoisotopic (exact) mass is 520 g/mol. The molecule has 200 valence electrons. The number of halogens is 3. The van der Waals surface area contributed by atoms with E-state index in [0.29, 0.717) is 30.3 Å². The molecule has 0 saturated carbocycles. The number of furan rings is 1. The second-order valence-electron chi connectivity index (χ2n) is 9.45. The molecule has 0 radical (unpaired) electrons. The maximum atomic E-state index is 13.5. The van der Waals surface area contributed by atoms with E-state index >= 15 is 0 Å². The molecule has 37 heavy (non-hydrogen) atoms. The molecule has 0 spiro atoms. The largest absolute Gasteiger partial charge is 0.490 e. The summed E-state index contributed by atoms with van der Waals surface area (Å²) in [5.74, 6) is -0.881. The van der Waals surface area contributed by atoms with Crippen molar-refractivity contribution in [3.8, 4) is 0 Å². The zero-order valence-electron chi connectivity index (χ0n) is 21.3. The minimum absolute atomic E-state index is 0.0259. The lowest BCUT2D eigenvalue weighted by molar-refractivity contribution is -0.192. The summed E-state index contributed by atoms with van der Waals surface area (Å²) < 4.78 is 37.2. The number of aromatic nitrogens is 2. The summed E-state index contributed by atoms with van der Waals surface area (Å²) in [5, 5.41) is 10.4. The number of amides is 1. The molecule has 0 saturated heterocycles. The fourth-order valence-electron chi connectivity index (χ4n) is 3.04. The standard InChI is InChI=1S/C24H30N4O2.C2HF3O2/c1-17(2)28(16-18-10-7-6-8-11-18)22(29)20-15-26-23(24(3,4)5)27-21(20)25-14-19-12-9-13-30-19;3-2(4,5)1(6)7/h6-13,15,17H,14,16H2,1-5H3,(H,25,26,27);(H,6,7). The van der Waals surface area contributed by atoms with Gasteiger partial charge < -0.3 is 19.7 Å². The van der Waals surface area contributed by atoms with Crippen molar-refractivity contribution in [1.29, 1.82) is 0 Å². The second kappa shape index (κ2) is 12.4. The van der Waals surface area contributed by atoms with Gasteiger partial charge in [0.25, 0.3) is 5.91 Å². The molecule has 0 fully saturated rings. The maximum absolute atomic E-state index is 13.5. The zero-order valence-corrected chi connectivity index (χ0v) is 21.3. The molecule has 1 amide bonds. The molecule has 1 aromatic carbocycles. The van der Waals surface area contributed by atoms with Crippen molar-refractivity contribution in [3.05, 3.63) is 77.6 Å². The predicted octanol–water partition coefficient (Wildman–Crippen LogP) is 5.66. The Morgan fingerprint density at radius 1 is 1.08 bits per heavy atom. The molecule has 3 aromatic rings. The van der Waals surface area contributed by atoms with Gasteiger partial charge in [-0.3, -0.25) is 4.79 Å². The quantitative estimate of drug-likeness (QED) is 0.414. The van der Waals surface area contributed by atoms with Crippen molar-refractivity contribution in [2.24, 2.45) is 0 Å². The van der Waals surface area contributed by atoms with E-state index in [0.717, 1.165) is 11.3 Å². The van der Waals surface area contributed by atoms with E-state index in [-0.39, 0.29) is 17.4 Å². The Kier molecular flexibility index (Phi) is 9.81. The van der Waals surface area contributed by atoms with Gasteiger partial charge in [-0.15, -0.1) is 0 Å². The third kappa shape index (κ3) is 8.93. The molecule has 0 unspecified atom stereocenters. The van der Waals surface area contributed by atoms with Crippen molar-refractivity contribution in [2.45, 2.75) is 65.3 Å². The van der Waals surface area contributed by atoms with Crippen LogP contribution in [-0.4, -0.2) is 44.1 Å². The van der Waals surface area contributed by atoms with Gasteiger partial charge in [-0.05, 0) is 31.5 Å². The first kappa shape index (κ1) is 29.3. The normalized spacial score (nSPS) is 11.5. The summed E-state index contributed by atoms with van der Waals surface area (Å²) in [4.78, 5) is 33.5. The maximum Gasteiger partial charge on any atom is 0.490 e. The molecule has 2 aromatic heterocycles. The topological polar surface area (TPSA) is 109 Å². The third-order valence-corrected chi connectivity index (χ3v) is 5.02. The summed E-state index contributed by atoms with van der Waals surface area (Å²) in [6, 6.07) is 13.7. The number of alkyl halides is 3. The van der Waals surface area contributed by atoms with Crippen LogP contribution in [0.1, 0.15) is 62.1 Å². The number of hydrogen-bond donors (Lipinski definition) is 2. The lowest BCUT2D eigenvalue weighted by Gasteiger charge is -2.28. The Morgan fingerprint density at radius 2 is 1.70 bits per heavy atom. The van der Waals surface area contributed by atoms with Crippen LogP contribution in [0.3, 0.4) is 0 Å². The molecule has 8 nitrogen and oxygen atoms in total. The molecule has 0 aliphatic rings. The van der Waals surface area contributed by atoms with Gasteiger partial charge in [0.15, 0.2) is 0 Å². The van der Waals surface area contributed by atoms with Gasteiger partial charge in [-0.25, -0.2) is 14.8 Å². The number of nitrogens with zero attached hydrogens (tertiary/aromatic N) is 3. The molecule has 0 atom stereocenters. The number of carbonyl (C=O) groups excluding carboxylic acids is 1. The molecule has 3 rings (SSSR count). The van der Waals surface area contributed by atoms with E-state index in [1.54, 1.807) is 12.5 Å². The van der Waals surface area contributed by atoms with Gasteiger partial charge in [-0.2, -0.15) is 13.2 Å². The van der Waals surface area contributed by atoms with Crippen LogP contribution in [0.25, 0.3) is 0 Å². The highest BCUT2D eigenvalue weighted by atomic mass is 19.4. The number of anilines is 1. The van der Waals surface area contributed by atoms with Crippen LogP contribution < -0.4 is 5.32 Å². The van der Waals surface area contributed by atoms with E-state index in [2.05, 4.69) is 31.1 Å². The summed E-state index contributed by atoms with van der Waals surface area (Å²) in [6.45, 7) is 11.1. The first-order valence-electron chi connectivity index (χ1n) is 11.5. The number of carboxylic acid groups (broad SMARTS) is 1. The first-order chi connectivity index (χ1) is 17.2. The van der Waals surface area contributed by atoms with E-state index in [9.17, 15) is 18.0 Å². The first-order valence-corrected chi connectivity index (χ1v) is 11.5. The number of nitrogens with one attached hydrogen (secondary N) is 1. The molecule has 0 bridgehead atoms. The third-order valence-electron chi connectivity index (χ3n) is 5.02. The molecule has 2 heterocycles. The van der Waals surface area contributed by atoms with Crippen molar-refractivity contribution in [3.63, 3.8) is 0 Å². The summed E-state index contributed by atoms with van der Waals surface area (Å²) in [6.07, 6.45) is -1.81. The van der Waals surface area contributed by atoms with Gasteiger partial charge in [0, 0.05) is 24.2 Å². The highest BCUT2D eigenvalue weighted by Crippen LogP contribution is 2.24. The molecule has 0 aliphatic carbocycles. The molecule has 2 N–H and O–H groups in total. The molecule has 0 aliphatic heterocycles. The van der Waals surface area contributed by atoms with Crippen molar-refractivity contribution < 1.29 is 32.3 Å². The number of carboxylic acids is 1. The highest BCUT2D eigenvalue weighted by Gasteiger charge is 2.38. The average Bonchev–Trinajstić information content (AvgIpc) is 3.34. The Hall–Kier alpha value is -3.89. The minimum Gasteiger partial charge on any atom is -0.475 e. The molecular formula is C26H31F3N4O4. The van der Waals surface area contributed by atoms with Gasteiger partial charge >= 0.3 is 12.1 Å². The van der Waals surface area contributed by atoms with Gasteiger partial charge in [0.2, 0.25) is 0 Å². The number of carbonyl (C=O) groups is 2. The van der Waals surface area contributed by atoms with Crippen molar-refractivity contribution in [2.75, 3.05) is 5.32 Å². The lowest BCUT2D eigenvalue weighted by atomic mass is 9.95. The van der Waals surface area contributed by atoms with Gasteiger partial charge in [0.1, 0.15) is 23.0 Å². The van der Waals surface area contributed by atoms with E-state index in [1.807, 2.05) is 61.2 Å². The molecule has 11 heteroatoms. The predicted molar refractivity (Wildman–Crippen MR) is 132 cm³/mol. The lowest BCUT2D eigenvalue weighted by Crippen LogP contribution is -2.37. The van der Waals surface area contributed by atoms with Crippen LogP contribution in [-0.2, 0) is 23.3 Å². The molecular weight excluding hydrogens is 489 g/mol. The Morgan fingerprint density at radius 3 is 2.19 bits per heavy atom. The van der Waals surface area contributed by atoms with Crippen LogP contribution in [0.4, 0.5) is 19.0 Å². The highest BCUT2D eigenvalue weighted by molar-refractivity contribution is 5.98. The fourth-order valence-corrected chi connectivity index (χ4v) is 3.04. The van der Waals surface area contributed by atoms with Crippen LogP contribution >= 0.6 is 0 Å². The number of aliphatic carboxylic acids is 1. The van der Waals surface area contributed by atoms with Crippen LogP contribution in [0.5, 0.6) is 0 Å². The summed E-state index contributed by atoms with van der Waals surface area (Å²) in [7, 11) is 0. The van der Waals surface area contributed by atoms with Crippen LogP contribution in [0.15, 0.2) is 59.3 Å². The number of benzene rings is 1. The smallest absolute Gasteiger partial charge is 0.475 e. The number of hydrogen-bond acceptors (Lipinski definition) is 6. The van der Waals surface area contributed by atoms with Gasteiger partial charge in [-0.1, -0.05) is 51.1 Å². The Labute approximate surface area is 213 Å². The minimum atomic E-state index is -5.08. The van der Waals surface area contributed by atoms with E-state index in [1.165, 1.54) is 0 Å². The van der Waals surface area contributed by atoms with Crippen molar-refractivity contribution >= 4 is 17.7 Å². The number of rotatable bonds is 7.